The van der Waals surface area contributed by atoms with Gasteiger partial charge in [0.05, 0.1) is 46.9 Å². The van der Waals surface area contributed by atoms with Crippen molar-refractivity contribution in [2.24, 2.45) is 0 Å². The number of nitrogens with zero attached hydrogens (tertiary/aromatic N) is 5. The number of nitriles is 1. The number of halogens is 2. The highest BCUT2D eigenvalue weighted by molar-refractivity contribution is 5.92. The minimum atomic E-state index is -1.02. The fourth-order valence-corrected chi connectivity index (χ4v) is 5.81. The summed E-state index contributed by atoms with van der Waals surface area (Å²) in [6.45, 7) is 1.80. The SMILES string of the molecule is N#Cc1ccc(COc2cccc(C3CCN(C(CF)c4nc5ccc(C(=O)O)cc5n4CC4CCO4)CC3)n2)c(F)c1. The fourth-order valence-electron chi connectivity index (χ4n) is 5.81. The van der Waals surface area contributed by atoms with Gasteiger partial charge in [0.25, 0.3) is 0 Å². The Morgan fingerprint density at radius 3 is 2.63 bits per heavy atom. The zero-order chi connectivity index (χ0) is 29.9. The molecule has 2 fully saturated rings. The molecule has 0 amide bonds. The number of imidazole rings is 1. The maximum atomic E-state index is 14.8. The van der Waals surface area contributed by atoms with E-state index >= 15 is 0 Å². The van der Waals surface area contributed by atoms with E-state index in [1.807, 2.05) is 22.8 Å². The molecule has 11 heteroatoms. The Kier molecular flexibility index (Phi) is 8.31. The molecule has 4 aromatic rings. The minimum Gasteiger partial charge on any atom is -0.478 e. The number of alkyl halides is 1. The number of piperidine rings is 1. The molecule has 222 valence electrons. The summed E-state index contributed by atoms with van der Waals surface area (Å²) in [4.78, 5) is 23.2. The van der Waals surface area contributed by atoms with Crippen LogP contribution in [0.2, 0.25) is 0 Å². The first-order chi connectivity index (χ1) is 20.9. The third-order valence-electron chi connectivity index (χ3n) is 8.34. The average Bonchev–Trinajstić information content (AvgIpc) is 3.36. The molecule has 2 unspecified atom stereocenters. The summed E-state index contributed by atoms with van der Waals surface area (Å²) < 4.78 is 42.4. The fraction of sp³-hybridized carbons (Fsp3) is 0.375. The van der Waals surface area contributed by atoms with Crippen molar-refractivity contribution >= 4 is 17.0 Å². The lowest BCUT2D eigenvalue weighted by Gasteiger charge is -2.36. The Balaban J connectivity index is 1.15. The van der Waals surface area contributed by atoms with E-state index < -0.39 is 24.5 Å². The van der Waals surface area contributed by atoms with Crippen LogP contribution in [0, 0.1) is 17.1 Å². The molecule has 2 aliphatic rings. The molecule has 4 heterocycles. The molecule has 2 aromatic heterocycles. The Morgan fingerprint density at radius 2 is 1.95 bits per heavy atom. The molecule has 2 aliphatic heterocycles. The highest BCUT2D eigenvalue weighted by atomic mass is 19.1. The molecule has 0 radical (unpaired) electrons. The summed E-state index contributed by atoms with van der Waals surface area (Å²) in [7, 11) is 0. The van der Waals surface area contributed by atoms with E-state index in [0.29, 0.717) is 54.5 Å². The standard InChI is InChI=1S/C32H31F2N5O4/c33-16-29(31-37-27-7-6-22(32(40)41)15-28(27)39(31)18-24-10-13-42-24)38-11-8-21(9-12-38)26-2-1-3-30(36-26)43-19-23-5-4-20(17-35)14-25(23)34/h1-7,14-15,21,24,29H,8-13,16,18-19H2,(H,40,41). The lowest BCUT2D eigenvalue weighted by molar-refractivity contribution is -0.0595. The molecule has 0 spiro atoms. The van der Waals surface area contributed by atoms with Crippen LogP contribution in [-0.4, -0.2) is 63.0 Å². The van der Waals surface area contributed by atoms with E-state index in [1.54, 1.807) is 24.3 Å². The number of likely N-dealkylation sites (tertiary alicyclic amines) is 1. The molecular weight excluding hydrogens is 556 g/mol. The summed E-state index contributed by atoms with van der Waals surface area (Å²) in [6, 6.07) is 15.9. The number of carboxylic acids is 1. The largest absolute Gasteiger partial charge is 0.478 e. The monoisotopic (exact) mass is 587 g/mol. The Hall–Kier alpha value is -4.40. The summed E-state index contributed by atoms with van der Waals surface area (Å²) in [5, 5.41) is 18.5. The van der Waals surface area contributed by atoms with Crippen LogP contribution in [-0.2, 0) is 17.9 Å². The summed E-state index contributed by atoms with van der Waals surface area (Å²) in [5.41, 5.74) is 2.92. The maximum absolute atomic E-state index is 14.8. The molecule has 43 heavy (non-hydrogen) atoms. The van der Waals surface area contributed by atoms with Gasteiger partial charge in [0.15, 0.2) is 0 Å². The van der Waals surface area contributed by atoms with Crippen molar-refractivity contribution in [2.75, 3.05) is 26.4 Å². The van der Waals surface area contributed by atoms with Gasteiger partial charge < -0.3 is 19.1 Å². The van der Waals surface area contributed by atoms with E-state index in [9.17, 15) is 18.7 Å². The van der Waals surface area contributed by atoms with Gasteiger partial charge in [0, 0.05) is 29.8 Å². The average molecular weight is 588 g/mol. The number of carboxylic acid groups (broad SMARTS) is 1. The van der Waals surface area contributed by atoms with E-state index in [4.69, 9.17) is 19.7 Å². The zero-order valence-electron chi connectivity index (χ0n) is 23.5. The molecule has 6 rings (SSSR count). The van der Waals surface area contributed by atoms with Crippen molar-refractivity contribution < 1.29 is 28.2 Å². The summed E-state index contributed by atoms with van der Waals surface area (Å²) in [5.74, 6) is -0.409. The molecule has 2 atom stereocenters. The summed E-state index contributed by atoms with van der Waals surface area (Å²) in [6.07, 6.45) is 2.39. The second kappa shape index (κ2) is 12.5. The number of aromatic nitrogens is 3. The topological polar surface area (TPSA) is 114 Å². The van der Waals surface area contributed by atoms with Gasteiger partial charge in [-0.1, -0.05) is 12.1 Å². The van der Waals surface area contributed by atoms with E-state index in [-0.39, 0.29) is 29.8 Å². The normalized spacial score (nSPS) is 18.2. The molecule has 0 saturated carbocycles. The van der Waals surface area contributed by atoms with Crippen LogP contribution in [0.15, 0.2) is 54.6 Å². The highest BCUT2D eigenvalue weighted by Gasteiger charge is 2.32. The van der Waals surface area contributed by atoms with Crippen molar-refractivity contribution in [3.63, 3.8) is 0 Å². The molecule has 0 bridgehead atoms. The van der Waals surface area contributed by atoms with Crippen molar-refractivity contribution in [3.05, 3.63) is 88.6 Å². The predicted molar refractivity (Wildman–Crippen MR) is 153 cm³/mol. The lowest BCUT2D eigenvalue weighted by atomic mass is 9.92. The van der Waals surface area contributed by atoms with Gasteiger partial charge in [-0.3, -0.25) is 4.90 Å². The Labute approximate surface area is 247 Å². The van der Waals surface area contributed by atoms with Gasteiger partial charge in [0.1, 0.15) is 24.9 Å². The number of fused-ring (bicyclic) bond motifs is 1. The molecular formula is C32H31F2N5O4. The number of hydrogen-bond donors (Lipinski definition) is 1. The number of pyridine rings is 1. The smallest absolute Gasteiger partial charge is 0.335 e. The third kappa shape index (κ3) is 6.07. The number of rotatable bonds is 10. The molecule has 2 saturated heterocycles. The van der Waals surface area contributed by atoms with Crippen molar-refractivity contribution in [3.8, 4) is 11.9 Å². The van der Waals surface area contributed by atoms with Crippen LogP contribution in [0.4, 0.5) is 8.78 Å². The van der Waals surface area contributed by atoms with Gasteiger partial charge >= 0.3 is 5.97 Å². The Morgan fingerprint density at radius 1 is 1.14 bits per heavy atom. The van der Waals surface area contributed by atoms with Crippen LogP contribution < -0.4 is 4.74 Å². The number of benzene rings is 2. The molecule has 2 aromatic carbocycles. The van der Waals surface area contributed by atoms with Gasteiger partial charge in [-0.25, -0.2) is 23.5 Å². The van der Waals surface area contributed by atoms with Gasteiger partial charge in [-0.2, -0.15) is 5.26 Å². The first-order valence-electron chi connectivity index (χ1n) is 14.4. The second-order valence-electron chi connectivity index (χ2n) is 11.0. The van der Waals surface area contributed by atoms with Crippen LogP contribution in [0.25, 0.3) is 11.0 Å². The quantitative estimate of drug-likeness (QED) is 0.263. The first-order valence-corrected chi connectivity index (χ1v) is 14.4. The number of hydrogen-bond acceptors (Lipinski definition) is 7. The van der Waals surface area contributed by atoms with Crippen molar-refractivity contribution in [1.29, 1.82) is 5.26 Å². The minimum absolute atomic E-state index is 0.00846. The molecule has 1 N–H and O–H groups in total. The number of aromatic carboxylic acids is 1. The van der Waals surface area contributed by atoms with Crippen molar-refractivity contribution in [1.82, 2.24) is 19.4 Å². The molecule has 9 nitrogen and oxygen atoms in total. The Bertz CT molecular complexity index is 1670. The predicted octanol–water partition coefficient (Wildman–Crippen LogP) is 5.40. The lowest BCUT2D eigenvalue weighted by Crippen LogP contribution is -2.39. The third-order valence-corrected chi connectivity index (χ3v) is 8.34. The van der Waals surface area contributed by atoms with Crippen LogP contribution in [0.1, 0.15) is 64.2 Å². The van der Waals surface area contributed by atoms with Crippen LogP contribution >= 0.6 is 0 Å². The maximum Gasteiger partial charge on any atom is 0.335 e. The number of carbonyl (C=O) groups is 1. The van der Waals surface area contributed by atoms with Gasteiger partial charge in [-0.15, -0.1) is 0 Å². The molecule has 0 aliphatic carbocycles. The van der Waals surface area contributed by atoms with E-state index in [2.05, 4.69) is 9.88 Å². The number of ether oxygens (including phenoxy) is 2. The van der Waals surface area contributed by atoms with Gasteiger partial charge in [-0.05, 0) is 68.8 Å². The van der Waals surface area contributed by atoms with Crippen LogP contribution in [0.5, 0.6) is 5.88 Å². The second-order valence-corrected chi connectivity index (χ2v) is 11.0. The first kappa shape index (κ1) is 28.7. The van der Waals surface area contributed by atoms with E-state index in [0.717, 1.165) is 25.0 Å². The highest BCUT2D eigenvalue weighted by Crippen LogP contribution is 2.34. The van der Waals surface area contributed by atoms with Crippen LogP contribution in [0.3, 0.4) is 0 Å². The van der Waals surface area contributed by atoms with Gasteiger partial charge in [0.2, 0.25) is 5.88 Å². The zero-order valence-corrected chi connectivity index (χ0v) is 23.5. The van der Waals surface area contributed by atoms with Crippen molar-refractivity contribution in [2.45, 2.75) is 50.5 Å². The summed E-state index contributed by atoms with van der Waals surface area (Å²) >= 11 is 0. The van der Waals surface area contributed by atoms with E-state index in [1.165, 1.54) is 18.2 Å².